The van der Waals surface area contributed by atoms with E-state index in [4.69, 9.17) is 9.84 Å². The van der Waals surface area contributed by atoms with E-state index in [1.165, 1.54) is 12.1 Å². The van der Waals surface area contributed by atoms with Crippen LogP contribution in [-0.4, -0.2) is 36.2 Å². The molecular weight excluding hydrogens is 252 g/mol. The molecule has 0 amide bonds. The van der Waals surface area contributed by atoms with Crippen LogP contribution in [0.1, 0.15) is 23.2 Å². The number of carbonyl (C=O) groups excluding carboxylic acids is 2. The standard InChI is InChI=1S/C13H14O6/c1-18-13(17)10(7-8-11(14)15)19-12(16)9-5-3-2-4-6-9/h2-6,10H,7-8H2,1H3,(H,14,15)/t10-/m0/s1. The van der Waals surface area contributed by atoms with Gasteiger partial charge in [-0.15, -0.1) is 0 Å². The Hall–Kier alpha value is -2.37. The minimum Gasteiger partial charge on any atom is -0.481 e. The van der Waals surface area contributed by atoms with Crippen molar-refractivity contribution in [1.29, 1.82) is 0 Å². The van der Waals surface area contributed by atoms with E-state index in [1.54, 1.807) is 18.2 Å². The average molecular weight is 266 g/mol. The van der Waals surface area contributed by atoms with Gasteiger partial charge in [-0.1, -0.05) is 18.2 Å². The Bertz CT molecular complexity index is 453. The van der Waals surface area contributed by atoms with Crippen molar-refractivity contribution < 1.29 is 29.0 Å². The maximum Gasteiger partial charge on any atom is 0.347 e. The van der Waals surface area contributed by atoms with Crippen LogP contribution < -0.4 is 0 Å². The Balaban J connectivity index is 2.69. The molecule has 1 atom stereocenters. The fraction of sp³-hybridized carbons (Fsp3) is 0.308. The van der Waals surface area contributed by atoms with Crippen molar-refractivity contribution in [3.05, 3.63) is 35.9 Å². The number of aliphatic carboxylic acids is 1. The third-order valence-corrected chi connectivity index (χ3v) is 2.34. The number of carboxylic acid groups (broad SMARTS) is 1. The minimum atomic E-state index is -1.21. The Morgan fingerprint density at radius 3 is 2.37 bits per heavy atom. The summed E-state index contributed by atoms with van der Waals surface area (Å²) >= 11 is 0. The second kappa shape index (κ2) is 7.15. The van der Waals surface area contributed by atoms with Gasteiger partial charge in [-0.25, -0.2) is 9.59 Å². The number of rotatable bonds is 6. The van der Waals surface area contributed by atoms with E-state index < -0.39 is 24.0 Å². The Labute approximate surface area is 109 Å². The first-order valence-electron chi connectivity index (χ1n) is 5.60. The zero-order valence-electron chi connectivity index (χ0n) is 10.4. The highest BCUT2D eigenvalue weighted by Crippen LogP contribution is 2.09. The lowest BCUT2D eigenvalue weighted by Gasteiger charge is -2.14. The van der Waals surface area contributed by atoms with Gasteiger partial charge in [0.1, 0.15) is 0 Å². The number of benzene rings is 1. The summed E-state index contributed by atoms with van der Waals surface area (Å²) in [6.45, 7) is 0. The molecule has 102 valence electrons. The number of carboxylic acids is 1. The van der Waals surface area contributed by atoms with Gasteiger partial charge in [-0.2, -0.15) is 0 Å². The van der Waals surface area contributed by atoms with Crippen LogP contribution >= 0.6 is 0 Å². The summed E-state index contributed by atoms with van der Waals surface area (Å²) in [6, 6.07) is 8.11. The van der Waals surface area contributed by atoms with Crippen molar-refractivity contribution in [2.24, 2.45) is 0 Å². The molecule has 1 aromatic carbocycles. The average Bonchev–Trinajstić information content (AvgIpc) is 2.43. The predicted molar refractivity (Wildman–Crippen MR) is 64.5 cm³/mol. The first kappa shape index (κ1) is 14.7. The molecule has 6 heteroatoms. The van der Waals surface area contributed by atoms with Gasteiger partial charge in [0, 0.05) is 12.8 Å². The molecule has 0 saturated carbocycles. The maximum absolute atomic E-state index is 11.7. The van der Waals surface area contributed by atoms with Crippen LogP contribution in [0, 0.1) is 0 Å². The van der Waals surface area contributed by atoms with Crippen molar-refractivity contribution in [3.63, 3.8) is 0 Å². The summed E-state index contributed by atoms with van der Waals surface area (Å²) in [5.74, 6) is -2.54. The highest BCUT2D eigenvalue weighted by atomic mass is 16.6. The van der Waals surface area contributed by atoms with Gasteiger partial charge in [0.15, 0.2) is 6.10 Å². The molecular formula is C13H14O6. The molecule has 1 N–H and O–H groups in total. The molecule has 0 saturated heterocycles. The van der Waals surface area contributed by atoms with E-state index in [2.05, 4.69) is 4.74 Å². The Kier molecular flexibility index (Phi) is 5.53. The third kappa shape index (κ3) is 4.79. The molecule has 6 nitrogen and oxygen atoms in total. The minimum absolute atomic E-state index is 0.124. The Morgan fingerprint density at radius 2 is 1.84 bits per heavy atom. The second-order valence-electron chi connectivity index (χ2n) is 3.72. The van der Waals surface area contributed by atoms with Gasteiger partial charge in [0.25, 0.3) is 0 Å². The zero-order valence-corrected chi connectivity index (χ0v) is 10.4. The largest absolute Gasteiger partial charge is 0.481 e. The molecule has 0 aromatic heterocycles. The normalized spacial score (nSPS) is 11.4. The molecule has 1 rings (SSSR count). The topological polar surface area (TPSA) is 89.9 Å². The van der Waals surface area contributed by atoms with E-state index in [1.807, 2.05) is 0 Å². The first-order chi connectivity index (χ1) is 9.04. The summed E-state index contributed by atoms with van der Waals surface area (Å²) in [7, 11) is 1.15. The lowest BCUT2D eigenvalue weighted by Crippen LogP contribution is -2.29. The summed E-state index contributed by atoms with van der Waals surface area (Å²) in [5.41, 5.74) is 0.284. The van der Waals surface area contributed by atoms with Crippen LogP contribution in [0.15, 0.2) is 30.3 Å². The highest BCUT2D eigenvalue weighted by molar-refractivity contribution is 5.91. The number of esters is 2. The molecule has 19 heavy (non-hydrogen) atoms. The first-order valence-corrected chi connectivity index (χ1v) is 5.60. The smallest absolute Gasteiger partial charge is 0.347 e. The van der Waals surface area contributed by atoms with Crippen LogP contribution in [0.3, 0.4) is 0 Å². The SMILES string of the molecule is COC(=O)[C@H](CCC(=O)O)OC(=O)c1ccccc1. The number of carbonyl (C=O) groups is 3. The molecule has 0 fully saturated rings. The molecule has 0 aliphatic heterocycles. The molecule has 0 aliphatic carbocycles. The van der Waals surface area contributed by atoms with Crippen molar-refractivity contribution in [1.82, 2.24) is 0 Å². The zero-order chi connectivity index (χ0) is 14.3. The van der Waals surface area contributed by atoms with E-state index >= 15 is 0 Å². The van der Waals surface area contributed by atoms with Crippen molar-refractivity contribution in [2.75, 3.05) is 7.11 Å². The number of ether oxygens (including phenoxy) is 2. The molecule has 0 aliphatic rings. The molecule has 0 bridgehead atoms. The van der Waals surface area contributed by atoms with Gasteiger partial charge in [0.2, 0.25) is 0 Å². The van der Waals surface area contributed by atoms with Crippen molar-refractivity contribution in [2.45, 2.75) is 18.9 Å². The third-order valence-electron chi connectivity index (χ3n) is 2.34. The van der Waals surface area contributed by atoms with Crippen LogP contribution in [0.25, 0.3) is 0 Å². The molecule has 0 spiro atoms. The van der Waals surface area contributed by atoms with Gasteiger partial charge in [-0.3, -0.25) is 4.79 Å². The van der Waals surface area contributed by atoms with Crippen LogP contribution in [0.4, 0.5) is 0 Å². The fourth-order valence-electron chi connectivity index (χ4n) is 1.38. The van der Waals surface area contributed by atoms with E-state index in [0.29, 0.717) is 0 Å². The van der Waals surface area contributed by atoms with E-state index in [9.17, 15) is 14.4 Å². The molecule has 1 aromatic rings. The monoisotopic (exact) mass is 266 g/mol. The van der Waals surface area contributed by atoms with Gasteiger partial charge in [0.05, 0.1) is 12.7 Å². The summed E-state index contributed by atoms with van der Waals surface area (Å²) < 4.78 is 9.44. The summed E-state index contributed by atoms with van der Waals surface area (Å²) in [5, 5.41) is 8.58. The maximum atomic E-state index is 11.7. The van der Waals surface area contributed by atoms with Gasteiger partial charge in [-0.05, 0) is 12.1 Å². The Morgan fingerprint density at radius 1 is 1.21 bits per heavy atom. The second-order valence-corrected chi connectivity index (χ2v) is 3.72. The number of hydrogen-bond donors (Lipinski definition) is 1. The van der Waals surface area contributed by atoms with Gasteiger partial charge < -0.3 is 14.6 Å². The van der Waals surface area contributed by atoms with Crippen molar-refractivity contribution >= 4 is 17.9 Å². The lowest BCUT2D eigenvalue weighted by molar-refractivity contribution is -0.152. The quantitative estimate of drug-likeness (QED) is 0.779. The number of methoxy groups -OCH3 is 1. The van der Waals surface area contributed by atoms with Crippen LogP contribution in [0.5, 0.6) is 0 Å². The van der Waals surface area contributed by atoms with Crippen LogP contribution in [0.2, 0.25) is 0 Å². The number of hydrogen-bond acceptors (Lipinski definition) is 5. The molecule has 0 heterocycles. The van der Waals surface area contributed by atoms with Gasteiger partial charge >= 0.3 is 17.9 Å². The van der Waals surface area contributed by atoms with E-state index in [-0.39, 0.29) is 18.4 Å². The van der Waals surface area contributed by atoms with E-state index in [0.717, 1.165) is 7.11 Å². The highest BCUT2D eigenvalue weighted by Gasteiger charge is 2.25. The summed E-state index contributed by atoms with van der Waals surface area (Å²) in [4.78, 5) is 33.6. The molecule has 0 radical (unpaired) electrons. The summed E-state index contributed by atoms with van der Waals surface area (Å²) in [6.07, 6.45) is -1.63. The van der Waals surface area contributed by atoms with Crippen molar-refractivity contribution in [3.8, 4) is 0 Å². The molecule has 0 unspecified atom stereocenters. The van der Waals surface area contributed by atoms with Crippen LogP contribution in [-0.2, 0) is 19.1 Å². The lowest BCUT2D eigenvalue weighted by atomic mass is 10.2. The predicted octanol–water partition coefficient (Wildman–Crippen LogP) is 1.25. The fourth-order valence-corrected chi connectivity index (χ4v) is 1.38.